The highest BCUT2D eigenvalue weighted by Gasteiger charge is 2.47. The number of piperidine rings is 1. The number of hydrogen-bond acceptors (Lipinski definition) is 4. The minimum absolute atomic E-state index is 0.255. The van der Waals surface area contributed by atoms with Crippen molar-refractivity contribution in [2.75, 3.05) is 18.8 Å². The van der Waals surface area contributed by atoms with E-state index in [-0.39, 0.29) is 5.41 Å². The van der Waals surface area contributed by atoms with Crippen molar-refractivity contribution in [3.63, 3.8) is 0 Å². The minimum atomic E-state index is -0.901. The molecule has 0 radical (unpaired) electrons. The van der Waals surface area contributed by atoms with E-state index < -0.39 is 5.60 Å². The summed E-state index contributed by atoms with van der Waals surface area (Å²) in [6.45, 7) is 7.65. The number of nitrogens with one attached hydrogen (secondary N) is 1. The maximum absolute atomic E-state index is 11.0. The molecule has 4 heteroatoms. The van der Waals surface area contributed by atoms with Gasteiger partial charge >= 0.3 is 0 Å². The number of nitrogen functional groups attached to an aromatic ring is 1. The molecule has 17 heavy (non-hydrogen) atoms. The summed E-state index contributed by atoms with van der Waals surface area (Å²) >= 11 is 0. The van der Waals surface area contributed by atoms with Crippen LogP contribution < -0.4 is 11.1 Å². The van der Waals surface area contributed by atoms with Gasteiger partial charge in [0.2, 0.25) is 0 Å². The van der Waals surface area contributed by atoms with E-state index in [1.54, 1.807) is 6.20 Å². The number of hydrogen-bond donors (Lipinski definition) is 3. The molecule has 4 N–H and O–H groups in total. The summed E-state index contributed by atoms with van der Waals surface area (Å²) in [5.74, 6) is 0.438. The van der Waals surface area contributed by atoms with Crippen molar-refractivity contribution in [3.8, 4) is 0 Å². The second-order valence-corrected chi connectivity index (χ2v) is 5.62. The van der Waals surface area contributed by atoms with Crippen molar-refractivity contribution in [1.29, 1.82) is 0 Å². The van der Waals surface area contributed by atoms with E-state index in [0.717, 1.165) is 24.2 Å². The molecular weight excluding hydrogens is 214 g/mol. The van der Waals surface area contributed by atoms with Crippen molar-refractivity contribution >= 4 is 5.82 Å². The zero-order valence-electron chi connectivity index (χ0n) is 10.7. The molecule has 2 rings (SSSR count). The first kappa shape index (κ1) is 12.3. The lowest BCUT2D eigenvalue weighted by Crippen LogP contribution is -2.54. The van der Waals surface area contributed by atoms with E-state index in [0.29, 0.717) is 12.2 Å². The Morgan fingerprint density at radius 2 is 2.18 bits per heavy atom. The van der Waals surface area contributed by atoms with Crippen molar-refractivity contribution < 1.29 is 5.11 Å². The topological polar surface area (TPSA) is 71.2 Å². The van der Waals surface area contributed by atoms with E-state index in [2.05, 4.69) is 24.1 Å². The number of aromatic nitrogens is 1. The molecule has 1 aliphatic rings. The fourth-order valence-electron chi connectivity index (χ4n) is 2.57. The van der Waals surface area contributed by atoms with Crippen LogP contribution in [0.4, 0.5) is 5.82 Å². The normalized spacial score (nSPS) is 28.0. The summed E-state index contributed by atoms with van der Waals surface area (Å²) in [6.07, 6.45) is 2.39. The first-order valence-electron chi connectivity index (χ1n) is 6.02. The van der Waals surface area contributed by atoms with Gasteiger partial charge in [-0.05, 0) is 31.5 Å². The standard InChI is InChI=1S/C13H21N3O/c1-9-6-10(11(14)16-7-9)13(17)4-5-15-8-12(13,2)3/h6-7,15,17H,4-5,8H2,1-3H3,(H2,14,16). The molecule has 1 aromatic rings. The van der Waals surface area contributed by atoms with E-state index in [9.17, 15) is 5.11 Å². The lowest BCUT2D eigenvalue weighted by molar-refractivity contribution is -0.0941. The predicted molar refractivity (Wildman–Crippen MR) is 68.6 cm³/mol. The average molecular weight is 235 g/mol. The molecule has 2 heterocycles. The largest absolute Gasteiger partial charge is 0.384 e. The molecule has 1 saturated heterocycles. The molecule has 0 amide bonds. The van der Waals surface area contributed by atoms with Gasteiger partial charge in [0.05, 0.1) is 0 Å². The van der Waals surface area contributed by atoms with E-state index >= 15 is 0 Å². The second kappa shape index (κ2) is 3.96. The van der Waals surface area contributed by atoms with Gasteiger partial charge in [0.25, 0.3) is 0 Å². The summed E-state index contributed by atoms with van der Waals surface area (Å²) in [6, 6.07) is 1.95. The zero-order valence-corrected chi connectivity index (χ0v) is 10.7. The van der Waals surface area contributed by atoms with Crippen molar-refractivity contribution in [3.05, 3.63) is 23.4 Å². The number of aliphatic hydroxyl groups is 1. The fraction of sp³-hybridized carbons (Fsp3) is 0.615. The van der Waals surface area contributed by atoms with E-state index in [4.69, 9.17) is 5.73 Å². The van der Waals surface area contributed by atoms with Gasteiger partial charge in [0.1, 0.15) is 11.4 Å². The fourth-order valence-corrected chi connectivity index (χ4v) is 2.57. The third kappa shape index (κ3) is 1.91. The monoisotopic (exact) mass is 235 g/mol. The van der Waals surface area contributed by atoms with Crippen LogP contribution in [0, 0.1) is 12.3 Å². The lowest BCUT2D eigenvalue weighted by Gasteiger charge is -2.47. The summed E-state index contributed by atoms with van der Waals surface area (Å²) in [4.78, 5) is 4.16. The van der Waals surface area contributed by atoms with Gasteiger partial charge in [-0.2, -0.15) is 0 Å². The highest BCUT2D eigenvalue weighted by Crippen LogP contribution is 2.45. The van der Waals surface area contributed by atoms with Crippen LogP contribution in [0.1, 0.15) is 31.4 Å². The summed E-state index contributed by atoms with van der Waals surface area (Å²) in [5, 5.41) is 14.3. The van der Waals surface area contributed by atoms with Crippen LogP contribution in [0.5, 0.6) is 0 Å². The molecule has 1 unspecified atom stereocenters. The van der Waals surface area contributed by atoms with Crippen LogP contribution in [0.3, 0.4) is 0 Å². The van der Waals surface area contributed by atoms with Gasteiger partial charge in [-0.3, -0.25) is 0 Å². The number of aryl methyl sites for hydroxylation is 1. The SMILES string of the molecule is Cc1cnc(N)c(C2(O)CCNCC2(C)C)c1. The van der Waals surface area contributed by atoms with Crippen LogP contribution >= 0.6 is 0 Å². The van der Waals surface area contributed by atoms with Gasteiger partial charge < -0.3 is 16.2 Å². The molecule has 0 aromatic carbocycles. The highest BCUT2D eigenvalue weighted by molar-refractivity contribution is 5.46. The van der Waals surface area contributed by atoms with Crippen LogP contribution in [-0.2, 0) is 5.60 Å². The van der Waals surface area contributed by atoms with Crippen molar-refractivity contribution in [2.24, 2.45) is 5.41 Å². The van der Waals surface area contributed by atoms with Gasteiger partial charge in [0.15, 0.2) is 0 Å². The van der Waals surface area contributed by atoms with Gasteiger partial charge in [-0.1, -0.05) is 13.8 Å². The first-order chi connectivity index (χ1) is 7.87. The first-order valence-corrected chi connectivity index (χ1v) is 6.02. The Labute approximate surface area is 102 Å². The van der Waals surface area contributed by atoms with Crippen LogP contribution in [0.2, 0.25) is 0 Å². The molecule has 0 saturated carbocycles. The maximum Gasteiger partial charge on any atom is 0.129 e. The smallest absolute Gasteiger partial charge is 0.129 e. The Kier molecular flexibility index (Phi) is 2.87. The Balaban J connectivity index is 2.52. The molecular formula is C13H21N3O. The summed E-state index contributed by atoms with van der Waals surface area (Å²) in [5.41, 5.74) is 6.57. The Bertz CT molecular complexity index is 431. The number of pyridine rings is 1. The summed E-state index contributed by atoms with van der Waals surface area (Å²) < 4.78 is 0. The van der Waals surface area contributed by atoms with E-state index in [1.807, 2.05) is 13.0 Å². The molecule has 0 aliphatic carbocycles. The van der Waals surface area contributed by atoms with Crippen LogP contribution in [-0.4, -0.2) is 23.2 Å². The molecule has 0 spiro atoms. The quantitative estimate of drug-likeness (QED) is 0.683. The van der Waals surface area contributed by atoms with Gasteiger partial charge in [-0.15, -0.1) is 0 Å². The number of rotatable bonds is 1. The number of nitrogens with two attached hydrogens (primary N) is 1. The average Bonchev–Trinajstić information content (AvgIpc) is 2.26. The molecule has 1 aliphatic heterocycles. The Morgan fingerprint density at radius 1 is 1.47 bits per heavy atom. The maximum atomic E-state index is 11.0. The van der Waals surface area contributed by atoms with Crippen LogP contribution in [0.15, 0.2) is 12.3 Å². The third-order valence-electron chi connectivity index (χ3n) is 3.85. The van der Waals surface area contributed by atoms with E-state index in [1.165, 1.54) is 0 Å². The van der Waals surface area contributed by atoms with Crippen LogP contribution in [0.25, 0.3) is 0 Å². The second-order valence-electron chi connectivity index (χ2n) is 5.62. The molecule has 1 atom stereocenters. The highest BCUT2D eigenvalue weighted by atomic mass is 16.3. The molecule has 1 aromatic heterocycles. The zero-order chi connectivity index (χ0) is 12.7. The third-order valence-corrected chi connectivity index (χ3v) is 3.85. The molecule has 94 valence electrons. The molecule has 4 nitrogen and oxygen atoms in total. The van der Waals surface area contributed by atoms with Gasteiger partial charge in [0, 0.05) is 23.7 Å². The molecule has 0 bridgehead atoms. The minimum Gasteiger partial charge on any atom is -0.384 e. The Morgan fingerprint density at radius 3 is 2.82 bits per heavy atom. The van der Waals surface area contributed by atoms with Crippen molar-refractivity contribution in [2.45, 2.75) is 32.8 Å². The van der Waals surface area contributed by atoms with Crippen molar-refractivity contribution in [1.82, 2.24) is 10.3 Å². The Hall–Kier alpha value is -1.13. The van der Waals surface area contributed by atoms with Gasteiger partial charge in [-0.25, -0.2) is 4.98 Å². The predicted octanol–water partition coefficient (Wildman–Crippen LogP) is 1.18. The lowest BCUT2D eigenvalue weighted by atomic mass is 9.67. The number of anilines is 1. The summed E-state index contributed by atoms with van der Waals surface area (Å²) in [7, 11) is 0. The molecule has 1 fully saturated rings. The number of nitrogens with zero attached hydrogens (tertiary/aromatic N) is 1.